The van der Waals surface area contributed by atoms with Gasteiger partial charge in [-0.3, -0.25) is 4.90 Å². The highest BCUT2D eigenvalue weighted by atomic mass is 16.6. The van der Waals surface area contributed by atoms with Crippen LogP contribution in [0.4, 0.5) is 4.79 Å². The summed E-state index contributed by atoms with van der Waals surface area (Å²) in [4.78, 5) is 14.0. The molecule has 0 saturated carbocycles. The molecule has 0 aromatic carbocycles. The molecule has 2 aliphatic rings. The Morgan fingerprint density at radius 2 is 2.04 bits per heavy atom. The van der Waals surface area contributed by atoms with Crippen LogP contribution in [0.2, 0.25) is 0 Å². The van der Waals surface area contributed by atoms with Gasteiger partial charge in [0.25, 0.3) is 0 Å². The molecule has 2 aliphatic heterocycles. The molecule has 1 aromatic heterocycles. The van der Waals surface area contributed by atoms with Gasteiger partial charge in [-0.15, -0.1) is 10.2 Å². The minimum Gasteiger partial charge on any atom is -0.444 e. The fourth-order valence-electron chi connectivity index (χ4n) is 3.30. The van der Waals surface area contributed by atoms with Gasteiger partial charge in [-0.2, -0.15) is 0 Å². The number of carbonyl (C=O) groups excluding carboxylic acids is 1. The van der Waals surface area contributed by atoms with E-state index in [0.29, 0.717) is 32.8 Å². The Hall–Kier alpha value is -1.67. The number of hydrogen-bond acceptors (Lipinski definition) is 6. The first kappa shape index (κ1) is 18.1. The summed E-state index contributed by atoms with van der Waals surface area (Å²) in [5.74, 6) is 1.56. The lowest BCUT2D eigenvalue weighted by atomic mass is 10.0. The smallest absolute Gasteiger partial charge is 0.410 e. The lowest BCUT2D eigenvalue weighted by molar-refractivity contribution is -0.0950. The van der Waals surface area contributed by atoms with Crippen LogP contribution in [-0.2, 0) is 32.9 Å². The number of aromatic nitrogens is 3. The standard InChI is InChI=1S/C17H28N4O4/c1-12(2)24-17(6-9-23-11-17)14-19-18-13-10-20(7-8-21(13)14)15(22)25-16(3,4)5/h12H,6-11H2,1-5H3. The van der Waals surface area contributed by atoms with E-state index in [1.807, 2.05) is 34.6 Å². The molecule has 8 heteroatoms. The van der Waals surface area contributed by atoms with E-state index in [2.05, 4.69) is 14.8 Å². The molecule has 0 bridgehead atoms. The van der Waals surface area contributed by atoms with Crippen LogP contribution < -0.4 is 0 Å². The fraction of sp³-hybridized carbons (Fsp3) is 0.824. The second-order valence-corrected chi connectivity index (χ2v) is 7.96. The Labute approximate surface area is 148 Å². The molecule has 1 saturated heterocycles. The van der Waals surface area contributed by atoms with Gasteiger partial charge < -0.3 is 18.8 Å². The van der Waals surface area contributed by atoms with Gasteiger partial charge in [0, 0.05) is 19.5 Å². The van der Waals surface area contributed by atoms with Gasteiger partial charge in [-0.25, -0.2) is 4.79 Å². The zero-order valence-electron chi connectivity index (χ0n) is 15.7. The second kappa shape index (κ2) is 6.57. The SMILES string of the molecule is CC(C)OC1(c2nnc3n2CCN(C(=O)OC(C)(C)C)C3)CCOC1. The summed E-state index contributed by atoms with van der Waals surface area (Å²) in [6.45, 7) is 12.3. The molecular weight excluding hydrogens is 324 g/mol. The first-order valence-electron chi connectivity index (χ1n) is 8.86. The van der Waals surface area contributed by atoms with Crippen molar-refractivity contribution in [3.8, 4) is 0 Å². The Morgan fingerprint density at radius 1 is 1.28 bits per heavy atom. The lowest BCUT2D eigenvalue weighted by Crippen LogP contribution is -2.43. The van der Waals surface area contributed by atoms with Crippen LogP contribution >= 0.6 is 0 Å². The van der Waals surface area contributed by atoms with Crippen molar-refractivity contribution in [2.75, 3.05) is 19.8 Å². The second-order valence-electron chi connectivity index (χ2n) is 7.96. The molecule has 1 fully saturated rings. The minimum atomic E-state index is -0.548. The van der Waals surface area contributed by atoms with Gasteiger partial charge >= 0.3 is 6.09 Å². The van der Waals surface area contributed by atoms with E-state index in [4.69, 9.17) is 14.2 Å². The molecule has 0 spiro atoms. The van der Waals surface area contributed by atoms with Gasteiger partial charge in [-0.1, -0.05) is 0 Å². The van der Waals surface area contributed by atoms with Gasteiger partial charge in [0.05, 0.1) is 25.9 Å². The number of nitrogens with zero attached hydrogens (tertiary/aromatic N) is 4. The van der Waals surface area contributed by atoms with Crippen LogP contribution in [0, 0.1) is 0 Å². The van der Waals surface area contributed by atoms with E-state index in [9.17, 15) is 4.79 Å². The number of ether oxygens (including phenoxy) is 3. The van der Waals surface area contributed by atoms with Crippen molar-refractivity contribution in [1.82, 2.24) is 19.7 Å². The Balaban J connectivity index is 1.79. The van der Waals surface area contributed by atoms with E-state index in [-0.39, 0.29) is 12.2 Å². The van der Waals surface area contributed by atoms with Crippen LogP contribution in [0.15, 0.2) is 0 Å². The molecule has 3 rings (SSSR count). The number of carbonyl (C=O) groups is 1. The summed E-state index contributed by atoms with van der Waals surface area (Å²) in [6.07, 6.45) is 0.510. The van der Waals surface area contributed by atoms with E-state index >= 15 is 0 Å². The minimum absolute atomic E-state index is 0.0662. The Kier molecular flexibility index (Phi) is 4.76. The molecule has 1 aromatic rings. The topological polar surface area (TPSA) is 78.7 Å². The third-order valence-corrected chi connectivity index (χ3v) is 4.26. The molecular formula is C17H28N4O4. The summed E-state index contributed by atoms with van der Waals surface area (Å²) in [7, 11) is 0. The number of rotatable bonds is 3. The Bertz CT molecular complexity index is 629. The van der Waals surface area contributed by atoms with Crippen LogP contribution in [0.5, 0.6) is 0 Å². The monoisotopic (exact) mass is 352 g/mol. The predicted molar refractivity (Wildman–Crippen MR) is 90.0 cm³/mol. The molecule has 1 amide bonds. The van der Waals surface area contributed by atoms with Crippen molar-refractivity contribution in [1.29, 1.82) is 0 Å². The van der Waals surface area contributed by atoms with Gasteiger partial charge in [0.2, 0.25) is 0 Å². The van der Waals surface area contributed by atoms with Crippen molar-refractivity contribution in [2.24, 2.45) is 0 Å². The first-order chi connectivity index (χ1) is 11.7. The number of fused-ring (bicyclic) bond motifs is 1. The van der Waals surface area contributed by atoms with Crippen molar-refractivity contribution in [2.45, 2.75) is 71.4 Å². The summed E-state index contributed by atoms with van der Waals surface area (Å²) >= 11 is 0. The largest absolute Gasteiger partial charge is 0.444 e. The van der Waals surface area contributed by atoms with Crippen LogP contribution in [0.1, 0.15) is 52.7 Å². The number of hydrogen-bond donors (Lipinski definition) is 0. The average molecular weight is 352 g/mol. The third-order valence-electron chi connectivity index (χ3n) is 4.26. The van der Waals surface area contributed by atoms with E-state index in [1.54, 1.807) is 4.90 Å². The zero-order chi connectivity index (χ0) is 18.2. The van der Waals surface area contributed by atoms with Crippen LogP contribution in [-0.4, -0.2) is 57.2 Å². The van der Waals surface area contributed by atoms with E-state index in [1.165, 1.54) is 0 Å². The summed E-state index contributed by atoms with van der Waals surface area (Å²) in [6, 6.07) is 0. The van der Waals surface area contributed by atoms with Gasteiger partial charge in [-0.05, 0) is 34.6 Å². The highest BCUT2D eigenvalue weighted by Crippen LogP contribution is 2.35. The molecule has 0 aliphatic carbocycles. The maximum Gasteiger partial charge on any atom is 0.410 e. The van der Waals surface area contributed by atoms with E-state index in [0.717, 1.165) is 18.1 Å². The molecule has 0 N–H and O–H groups in total. The van der Waals surface area contributed by atoms with Crippen LogP contribution in [0.3, 0.4) is 0 Å². The summed E-state index contributed by atoms with van der Waals surface area (Å²) in [5, 5.41) is 8.71. The van der Waals surface area contributed by atoms with Crippen molar-refractivity contribution >= 4 is 6.09 Å². The van der Waals surface area contributed by atoms with Crippen LogP contribution in [0.25, 0.3) is 0 Å². The first-order valence-corrected chi connectivity index (χ1v) is 8.86. The van der Waals surface area contributed by atoms with E-state index < -0.39 is 11.2 Å². The molecule has 3 heterocycles. The lowest BCUT2D eigenvalue weighted by Gasteiger charge is -2.33. The average Bonchev–Trinajstić information content (AvgIpc) is 3.11. The maximum atomic E-state index is 12.3. The van der Waals surface area contributed by atoms with Gasteiger partial charge in [0.1, 0.15) is 5.60 Å². The summed E-state index contributed by atoms with van der Waals surface area (Å²) < 4.78 is 19.3. The quantitative estimate of drug-likeness (QED) is 0.829. The Morgan fingerprint density at radius 3 is 2.64 bits per heavy atom. The molecule has 25 heavy (non-hydrogen) atoms. The van der Waals surface area contributed by atoms with Crippen molar-refractivity contribution in [3.63, 3.8) is 0 Å². The molecule has 140 valence electrons. The predicted octanol–water partition coefficient (Wildman–Crippen LogP) is 2.07. The number of amides is 1. The molecule has 1 unspecified atom stereocenters. The van der Waals surface area contributed by atoms with Crippen molar-refractivity contribution in [3.05, 3.63) is 11.6 Å². The fourth-order valence-corrected chi connectivity index (χ4v) is 3.30. The van der Waals surface area contributed by atoms with Gasteiger partial charge in [0.15, 0.2) is 17.2 Å². The third kappa shape index (κ3) is 3.79. The maximum absolute atomic E-state index is 12.3. The highest BCUT2D eigenvalue weighted by molar-refractivity contribution is 5.68. The molecule has 0 radical (unpaired) electrons. The normalized spacial score (nSPS) is 23.8. The zero-order valence-corrected chi connectivity index (χ0v) is 15.7. The molecule has 1 atom stereocenters. The highest BCUT2D eigenvalue weighted by Gasteiger charge is 2.44. The van der Waals surface area contributed by atoms with Crippen molar-refractivity contribution < 1.29 is 19.0 Å². The summed E-state index contributed by atoms with van der Waals surface area (Å²) in [5.41, 5.74) is -1.06. The molecule has 8 nitrogen and oxygen atoms in total.